The fourth-order valence-electron chi connectivity index (χ4n) is 1.86. The molecule has 0 fully saturated rings. The van der Waals surface area contributed by atoms with E-state index in [9.17, 15) is 4.39 Å². The molecule has 0 unspecified atom stereocenters. The average Bonchev–Trinajstić information content (AvgIpc) is 3.07. The Bertz CT molecular complexity index is 786. The minimum atomic E-state index is -0.291. The maximum atomic E-state index is 13.7. The molecule has 0 aliphatic heterocycles. The number of aromatic nitrogens is 5. The molecular formula is C13H13FN6OS. The van der Waals surface area contributed by atoms with Crippen molar-refractivity contribution in [1.29, 1.82) is 0 Å². The van der Waals surface area contributed by atoms with Crippen molar-refractivity contribution < 1.29 is 8.91 Å². The van der Waals surface area contributed by atoms with Crippen molar-refractivity contribution in [2.24, 2.45) is 0 Å². The van der Waals surface area contributed by atoms with E-state index in [-0.39, 0.29) is 12.2 Å². The number of aryl methyl sites for hydroxylation is 1. The molecule has 7 nitrogen and oxygen atoms in total. The van der Waals surface area contributed by atoms with Gasteiger partial charge in [0.25, 0.3) is 0 Å². The molecule has 3 rings (SSSR count). The predicted octanol–water partition coefficient (Wildman–Crippen LogP) is 1.71. The molecular weight excluding hydrogens is 307 g/mol. The fraction of sp³-hybridized carbons (Fsp3) is 0.231. The van der Waals surface area contributed by atoms with E-state index in [1.165, 1.54) is 22.5 Å². The smallest absolute Gasteiger partial charge is 0.237 e. The minimum absolute atomic E-state index is 0.274. The molecule has 9 heteroatoms. The quantitative estimate of drug-likeness (QED) is 0.564. The lowest BCUT2D eigenvalue weighted by molar-refractivity contribution is 0.387. The highest BCUT2D eigenvalue weighted by Gasteiger charge is 2.14. The van der Waals surface area contributed by atoms with Crippen LogP contribution >= 0.6 is 11.8 Å². The number of benzene rings is 1. The highest BCUT2D eigenvalue weighted by atomic mass is 32.2. The first-order valence-electron chi connectivity index (χ1n) is 6.48. The molecule has 0 amide bonds. The standard InChI is InChI=1S/C13H13FN6OS/c1-8-16-12(21-19-8)7-22-13-18-17-11(20(13)15)6-9-4-2-3-5-10(9)14/h2-5H,6-7,15H2,1H3. The van der Waals surface area contributed by atoms with Crippen LogP contribution in [0.15, 0.2) is 33.9 Å². The molecule has 22 heavy (non-hydrogen) atoms. The number of halogens is 1. The van der Waals surface area contributed by atoms with E-state index in [0.29, 0.717) is 34.0 Å². The van der Waals surface area contributed by atoms with Crippen LogP contribution < -0.4 is 5.84 Å². The van der Waals surface area contributed by atoms with E-state index < -0.39 is 0 Å². The highest BCUT2D eigenvalue weighted by molar-refractivity contribution is 7.98. The lowest BCUT2D eigenvalue weighted by atomic mass is 10.1. The second kappa shape index (κ2) is 6.14. The molecule has 0 atom stereocenters. The molecule has 1 aromatic carbocycles. The van der Waals surface area contributed by atoms with Gasteiger partial charge in [-0.3, -0.25) is 0 Å². The number of nitrogen functional groups attached to an aromatic ring is 1. The van der Waals surface area contributed by atoms with Crippen LogP contribution in [0.25, 0.3) is 0 Å². The zero-order valence-corrected chi connectivity index (χ0v) is 12.5. The molecule has 2 aromatic heterocycles. The van der Waals surface area contributed by atoms with Crippen LogP contribution in [0.1, 0.15) is 23.1 Å². The molecule has 0 aliphatic carbocycles. The van der Waals surface area contributed by atoms with Crippen molar-refractivity contribution in [3.63, 3.8) is 0 Å². The van der Waals surface area contributed by atoms with E-state index in [0.717, 1.165) is 0 Å². The molecule has 0 aliphatic rings. The highest BCUT2D eigenvalue weighted by Crippen LogP contribution is 2.20. The zero-order valence-electron chi connectivity index (χ0n) is 11.7. The van der Waals surface area contributed by atoms with Gasteiger partial charge in [0.1, 0.15) is 5.82 Å². The normalized spacial score (nSPS) is 11.0. The van der Waals surface area contributed by atoms with E-state index in [1.54, 1.807) is 25.1 Å². The zero-order chi connectivity index (χ0) is 15.5. The number of hydrogen-bond acceptors (Lipinski definition) is 7. The summed E-state index contributed by atoms with van der Waals surface area (Å²) in [5.41, 5.74) is 0.519. The Morgan fingerprint density at radius 3 is 2.86 bits per heavy atom. The third kappa shape index (κ3) is 3.08. The van der Waals surface area contributed by atoms with Gasteiger partial charge in [0.15, 0.2) is 11.6 Å². The van der Waals surface area contributed by atoms with E-state index in [2.05, 4.69) is 20.3 Å². The predicted molar refractivity (Wildman–Crippen MR) is 78.0 cm³/mol. The second-order valence-corrected chi connectivity index (χ2v) is 5.50. The van der Waals surface area contributed by atoms with Crippen molar-refractivity contribution in [2.75, 3.05) is 5.84 Å². The third-order valence-corrected chi connectivity index (χ3v) is 3.86. The average molecular weight is 320 g/mol. The summed E-state index contributed by atoms with van der Waals surface area (Å²) < 4.78 is 20.0. The summed E-state index contributed by atoms with van der Waals surface area (Å²) in [6, 6.07) is 6.50. The van der Waals surface area contributed by atoms with Crippen LogP contribution in [0.4, 0.5) is 4.39 Å². The summed E-state index contributed by atoms with van der Waals surface area (Å²) in [5, 5.41) is 12.2. The largest absolute Gasteiger partial charge is 0.338 e. The molecule has 0 saturated heterocycles. The molecule has 0 radical (unpaired) electrons. The third-order valence-electron chi connectivity index (χ3n) is 2.94. The van der Waals surface area contributed by atoms with Gasteiger partial charge in [-0.05, 0) is 18.6 Å². The topological polar surface area (TPSA) is 95.7 Å². The van der Waals surface area contributed by atoms with Gasteiger partial charge in [-0.15, -0.1) is 10.2 Å². The van der Waals surface area contributed by atoms with Crippen LogP contribution in [0.5, 0.6) is 0 Å². The van der Waals surface area contributed by atoms with Gasteiger partial charge >= 0.3 is 0 Å². The van der Waals surface area contributed by atoms with E-state index in [1.807, 2.05) is 0 Å². The van der Waals surface area contributed by atoms with Gasteiger partial charge in [0.05, 0.1) is 5.75 Å². The molecule has 0 spiro atoms. The lowest BCUT2D eigenvalue weighted by Gasteiger charge is -2.03. The van der Waals surface area contributed by atoms with Gasteiger partial charge in [0.2, 0.25) is 11.0 Å². The number of nitrogens with two attached hydrogens (primary N) is 1. The maximum absolute atomic E-state index is 13.7. The van der Waals surface area contributed by atoms with Crippen LogP contribution in [-0.4, -0.2) is 25.0 Å². The minimum Gasteiger partial charge on any atom is -0.338 e. The van der Waals surface area contributed by atoms with Gasteiger partial charge in [-0.1, -0.05) is 35.1 Å². The van der Waals surface area contributed by atoms with Crippen LogP contribution in [-0.2, 0) is 12.2 Å². The Morgan fingerprint density at radius 2 is 2.14 bits per heavy atom. The Morgan fingerprint density at radius 1 is 1.32 bits per heavy atom. The van der Waals surface area contributed by atoms with Gasteiger partial charge in [-0.25, -0.2) is 9.07 Å². The summed E-state index contributed by atoms with van der Waals surface area (Å²) in [6.07, 6.45) is 0.274. The molecule has 3 aromatic rings. The summed E-state index contributed by atoms with van der Waals surface area (Å²) in [5.74, 6) is 7.64. The van der Waals surface area contributed by atoms with Gasteiger partial charge in [0, 0.05) is 6.42 Å². The molecule has 2 N–H and O–H groups in total. The summed E-state index contributed by atoms with van der Waals surface area (Å²) >= 11 is 1.32. The van der Waals surface area contributed by atoms with Crippen molar-refractivity contribution in [3.8, 4) is 0 Å². The first kappa shape index (κ1) is 14.5. The van der Waals surface area contributed by atoms with Crippen molar-refractivity contribution >= 4 is 11.8 Å². The summed E-state index contributed by atoms with van der Waals surface area (Å²) in [4.78, 5) is 4.10. The molecule has 0 saturated carbocycles. The van der Waals surface area contributed by atoms with Crippen LogP contribution in [0, 0.1) is 12.7 Å². The number of thioether (sulfide) groups is 1. The molecule has 0 bridgehead atoms. The Hall–Kier alpha value is -2.42. The van der Waals surface area contributed by atoms with E-state index >= 15 is 0 Å². The number of rotatable bonds is 5. The van der Waals surface area contributed by atoms with Crippen molar-refractivity contribution in [3.05, 3.63) is 53.2 Å². The van der Waals surface area contributed by atoms with Crippen molar-refractivity contribution in [2.45, 2.75) is 24.3 Å². The number of nitrogens with zero attached hydrogens (tertiary/aromatic N) is 5. The second-order valence-electron chi connectivity index (χ2n) is 4.56. The Balaban J connectivity index is 1.70. The first-order chi connectivity index (χ1) is 10.6. The molecule has 114 valence electrons. The molecule has 2 heterocycles. The van der Waals surface area contributed by atoms with Crippen LogP contribution in [0.3, 0.4) is 0 Å². The van der Waals surface area contributed by atoms with Gasteiger partial charge < -0.3 is 10.4 Å². The Kier molecular flexibility index (Phi) is 4.05. The lowest BCUT2D eigenvalue weighted by Crippen LogP contribution is -2.14. The maximum Gasteiger partial charge on any atom is 0.237 e. The monoisotopic (exact) mass is 320 g/mol. The first-order valence-corrected chi connectivity index (χ1v) is 7.47. The summed E-state index contributed by atoms with van der Waals surface area (Å²) in [6.45, 7) is 1.75. The van der Waals surface area contributed by atoms with E-state index in [4.69, 9.17) is 10.4 Å². The van der Waals surface area contributed by atoms with Gasteiger partial charge in [-0.2, -0.15) is 4.98 Å². The Labute approximate surface area is 129 Å². The SMILES string of the molecule is Cc1noc(CSc2nnc(Cc3ccccc3F)n2N)n1. The fourth-order valence-corrected chi connectivity index (χ4v) is 2.58. The summed E-state index contributed by atoms with van der Waals surface area (Å²) in [7, 11) is 0. The van der Waals surface area contributed by atoms with Crippen LogP contribution in [0.2, 0.25) is 0 Å². The number of hydrogen-bond donors (Lipinski definition) is 1. The van der Waals surface area contributed by atoms with Crippen molar-refractivity contribution in [1.82, 2.24) is 25.0 Å².